The number of hydrogen-bond donors (Lipinski definition) is 2. The zero-order valence-electron chi connectivity index (χ0n) is 17.8. The van der Waals surface area contributed by atoms with E-state index in [-0.39, 0.29) is 24.1 Å². The summed E-state index contributed by atoms with van der Waals surface area (Å²) in [6.45, 7) is 1.86. The van der Waals surface area contributed by atoms with Gasteiger partial charge in [-0.25, -0.2) is 4.79 Å². The minimum absolute atomic E-state index is 0.114. The summed E-state index contributed by atoms with van der Waals surface area (Å²) in [7, 11) is 0. The average Bonchev–Trinajstić information content (AvgIpc) is 2.76. The summed E-state index contributed by atoms with van der Waals surface area (Å²) in [5, 5.41) is 6.09. The summed E-state index contributed by atoms with van der Waals surface area (Å²) < 4.78 is 5.61. The molecule has 4 rings (SSSR count). The smallest absolute Gasteiger partial charge is 0.320 e. The number of rotatable bonds is 6. The summed E-state index contributed by atoms with van der Waals surface area (Å²) in [4.78, 5) is 27.0. The molecule has 2 amide bonds. The van der Waals surface area contributed by atoms with Gasteiger partial charge in [0.2, 0.25) is 0 Å². The molecule has 2 fully saturated rings. The standard InChI is InChI=1S/C25H31N3O3/c29-24-18-28(17-22(31-24)15-19-9-3-1-4-10-19)16-20-11-7-8-14-23(20)27-25(30)26-21-12-5-2-6-13-21/h1-6,9-10,12-13,20,22-23H,7-8,11,14-18H2,(H2,26,27,30). The van der Waals surface area contributed by atoms with Crippen molar-refractivity contribution in [2.75, 3.05) is 25.0 Å². The molecule has 3 unspecified atom stereocenters. The fourth-order valence-electron chi connectivity index (χ4n) is 4.72. The molecule has 2 N–H and O–H groups in total. The number of carbonyl (C=O) groups is 2. The molecule has 6 nitrogen and oxygen atoms in total. The molecule has 2 aliphatic rings. The molecule has 1 aliphatic carbocycles. The van der Waals surface area contributed by atoms with E-state index in [2.05, 4.69) is 27.7 Å². The maximum Gasteiger partial charge on any atom is 0.320 e. The fraction of sp³-hybridized carbons (Fsp3) is 0.440. The Morgan fingerprint density at radius 1 is 1.00 bits per heavy atom. The summed E-state index contributed by atoms with van der Waals surface area (Å²) in [6, 6.07) is 19.6. The van der Waals surface area contributed by atoms with Crippen LogP contribution in [0.4, 0.5) is 10.5 Å². The van der Waals surface area contributed by atoms with E-state index >= 15 is 0 Å². The number of carbonyl (C=O) groups excluding carboxylic acids is 2. The van der Waals surface area contributed by atoms with Gasteiger partial charge in [-0.1, -0.05) is 61.4 Å². The number of ether oxygens (including phenoxy) is 1. The van der Waals surface area contributed by atoms with Crippen LogP contribution in [-0.4, -0.2) is 48.7 Å². The van der Waals surface area contributed by atoms with Gasteiger partial charge in [-0.05, 0) is 36.5 Å². The van der Waals surface area contributed by atoms with Gasteiger partial charge >= 0.3 is 12.0 Å². The zero-order chi connectivity index (χ0) is 21.5. The summed E-state index contributed by atoms with van der Waals surface area (Å²) in [5.41, 5.74) is 1.96. The number of nitrogens with zero attached hydrogens (tertiary/aromatic N) is 1. The Morgan fingerprint density at radius 3 is 2.48 bits per heavy atom. The van der Waals surface area contributed by atoms with Crippen molar-refractivity contribution in [3.63, 3.8) is 0 Å². The van der Waals surface area contributed by atoms with Gasteiger partial charge in [-0.15, -0.1) is 0 Å². The van der Waals surface area contributed by atoms with Gasteiger partial charge < -0.3 is 15.4 Å². The molecule has 1 saturated heterocycles. The molecule has 1 heterocycles. The van der Waals surface area contributed by atoms with E-state index in [1.807, 2.05) is 48.5 Å². The molecule has 0 aromatic heterocycles. The molecule has 164 valence electrons. The molecule has 31 heavy (non-hydrogen) atoms. The van der Waals surface area contributed by atoms with E-state index in [1.54, 1.807) is 0 Å². The van der Waals surface area contributed by atoms with E-state index in [4.69, 9.17) is 4.74 Å². The van der Waals surface area contributed by atoms with Crippen molar-refractivity contribution in [2.24, 2.45) is 5.92 Å². The van der Waals surface area contributed by atoms with Crippen molar-refractivity contribution < 1.29 is 14.3 Å². The van der Waals surface area contributed by atoms with Crippen LogP contribution in [0, 0.1) is 5.92 Å². The number of amides is 2. The first-order valence-corrected chi connectivity index (χ1v) is 11.2. The van der Waals surface area contributed by atoms with Crippen molar-refractivity contribution in [1.82, 2.24) is 10.2 Å². The summed E-state index contributed by atoms with van der Waals surface area (Å²) in [6.07, 6.45) is 4.92. The SMILES string of the molecule is O=C(Nc1ccccc1)NC1CCCCC1CN1CC(=O)OC(Cc2ccccc2)C1. The Kier molecular flexibility index (Phi) is 7.20. The monoisotopic (exact) mass is 421 g/mol. The number of anilines is 1. The van der Waals surface area contributed by atoms with Crippen molar-refractivity contribution in [1.29, 1.82) is 0 Å². The number of para-hydroxylation sites is 1. The lowest BCUT2D eigenvalue weighted by molar-refractivity contribution is -0.159. The third-order valence-electron chi connectivity index (χ3n) is 6.17. The van der Waals surface area contributed by atoms with Gasteiger partial charge in [0.05, 0.1) is 6.54 Å². The zero-order valence-corrected chi connectivity index (χ0v) is 17.8. The number of cyclic esters (lactones) is 1. The van der Waals surface area contributed by atoms with Crippen molar-refractivity contribution in [2.45, 2.75) is 44.2 Å². The molecule has 3 atom stereocenters. The first-order chi connectivity index (χ1) is 15.2. The number of urea groups is 1. The van der Waals surface area contributed by atoms with E-state index < -0.39 is 0 Å². The topological polar surface area (TPSA) is 70.7 Å². The van der Waals surface area contributed by atoms with Gasteiger partial charge in [0.25, 0.3) is 0 Å². The van der Waals surface area contributed by atoms with Crippen molar-refractivity contribution >= 4 is 17.7 Å². The predicted molar refractivity (Wildman–Crippen MR) is 121 cm³/mol. The van der Waals surface area contributed by atoms with Gasteiger partial charge in [-0.2, -0.15) is 0 Å². The molecule has 1 aliphatic heterocycles. The largest absolute Gasteiger partial charge is 0.460 e. The number of morpholine rings is 1. The Morgan fingerprint density at radius 2 is 1.71 bits per heavy atom. The first kappa shape index (κ1) is 21.4. The number of hydrogen-bond acceptors (Lipinski definition) is 4. The second kappa shape index (κ2) is 10.4. The van der Waals surface area contributed by atoms with Gasteiger partial charge in [0, 0.05) is 31.2 Å². The molecule has 0 bridgehead atoms. The average molecular weight is 422 g/mol. The van der Waals surface area contributed by atoms with Crippen LogP contribution in [0.25, 0.3) is 0 Å². The highest BCUT2D eigenvalue weighted by Gasteiger charge is 2.32. The predicted octanol–water partition coefficient (Wildman–Crippen LogP) is 3.84. The molecule has 1 saturated carbocycles. The molecular formula is C25H31N3O3. The highest BCUT2D eigenvalue weighted by molar-refractivity contribution is 5.89. The Hall–Kier alpha value is -2.86. The van der Waals surface area contributed by atoms with E-state index in [1.165, 1.54) is 5.56 Å². The Balaban J connectivity index is 1.33. The fourth-order valence-corrected chi connectivity index (χ4v) is 4.72. The Bertz CT molecular complexity index is 859. The van der Waals surface area contributed by atoms with Crippen LogP contribution in [0.3, 0.4) is 0 Å². The third-order valence-corrected chi connectivity index (χ3v) is 6.17. The molecule has 6 heteroatoms. The second-order valence-corrected chi connectivity index (χ2v) is 8.61. The second-order valence-electron chi connectivity index (χ2n) is 8.61. The van der Waals surface area contributed by atoms with Crippen LogP contribution in [0.1, 0.15) is 31.2 Å². The molecule has 0 spiro atoms. The van der Waals surface area contributed by atoms with E-state index in [9.17, 15) is 9.59 Å². The Labute approximate surface area is 184 Å². The maximum atomic E-state index is 12.5. The summed E-state index contributed by atoms with van der Waals surface area (Å²) >= 11 is 0. The van der Waals surface area contributed by atoms with Crippen LogP contribution < -0.4 is 10.6 Å². The third kappa shape index (κ3) is 6.31. The maximum absolute atomic E-state index is 12.5. The quantitative estimate of drug-likeness (QED) is 0.696. The van der Waals surface area contributed by atoms with Crippen LogP contribution in [0.2, 0.25) is 0 Å². The number of nitrogens with one attached hydrogen (secondary N) is 2. The van der Waals surface area contributed by atoms with Gasteiger partial charge in [0.15, 0.2) is 0 Å². The highest BCUT2D eigenvalue weighted by atomic mass is 16.5. The lowest BCUT2D eigenvalue weighted by Gasteiger charge is -2.38. The van der Waals surface area contributed by atoms with Crippen molar-refractivity contribution in [3.8, 4) is 0 Å². The lowest BCUT2D eigenvalue weighted by Crippen LogP contribution is -2.52. The summed E-state index contributed by atoms with van der Waals surface area (Å²) in [5.74, 6) is 0.174. The van der Waals surface area contributed by atoms with Crippen LogP contribution in [-0.2, 0) is 16.0 Å². The number of benzene rings is 2. The highest BCUT2D eigenvalue weighted by Crippen LogP contribution is 2.26. The van der Waals surface area contributed by atoms with Crippen LogP contribution in [0.15, 0.2) is 60.7 Å². The molecule has 2 aromatic carbocycles. The first-order valence-electron chi connectivity index (χ1n) is 11.2. The minimum atomic E-state index is -0.164. The number of esters is 1. The molecule has 2 aromatic rings. The normalized spacial score (nSPS) is 24.3. The van der Waals surface area contributed by atoms with Crippen molar-refractivity contribution in [3.05, 3.63) is 66.2 Å². The van der Waals surface area contributed by atoms with Gasteiger partial charge in [0.1, 0.15) is 6.10 Å². The van der Waals surface area contributed by atoms with E-state index in [0.717, 1.165) is 50.9 Å². The van der Waals surface area contributed by atoms with E-state index in [0.29, 0.717) is 12.5 Å². The minimum Gasteiger partial charge on any atom is -0.460 e. The van der Waals surface area contributed by atoms with Gasteiger partial charge in [-0.3, -0.25) is 9.69 Å². The van der Waals surface area contributed by atoms with Crippen LogP contribution in [0.5, 0.6) is 0 Å². The van der Waals surface area contributed by atoms with Crippen LogP contribution >= 0.6 is 0 Å². The molecule has 0 radical (unpaired) electrons. The molecular weight excluding hydrogens is 390 g/mol. The lowest BCUT2D eigenvalue weighted by atomic mass is 9.84.